The quantitative estimate of drug-likeness (QED) is 0.912. The van der Waals surface area contributed by atoms with Gasteiger partial charge in [-0.2, -0.15) is 0 Å². The average molecular weight is 259 g/mol. The zero-order valence-electron chi connectivity index (χ0n) is 11.2. The van der Waals surface area contributed by atoms with E-state index in [9.17, 15) is 4.39 Å². The molecule has 0 aliphatic carbocycles. The van der Waals surface area contributed by atoms with Gasteiger partial charge >= 0.3 is 0 Å². The van der Waals surface area contributed by atoms with Gasteiger partial charge in [0.25, 0.3) is 0 Å². The molecule has 0 aliphatic rings. The van der Waals surface area contributed by atoms with Crippen LogP contribution < -0.4 is 10.5 Å². The Hall–Kier alpha value is -1.87. The van der Waals surface area contributed by atoms with Gasteiger partial charge in [0.1, 0.15) is 11.6 Å². The fourth-order valence-corrected chi connectivity index (χ4v) is 2.12. The van der Waals surface area contributed by atoms with E-state index >= 15 is 0 Å². The molecule has 0 saturated heterocycles. The lowest BCUT2D eigenvalue weighted by molar-refractivity contribution is 0.402. The van der Waals surface area contributed by atoms with Gasteiger partial charge in [-0.15, -0.1) is 0 Å². The van der Waals surface area contributed by atoms with Crippen molar-refractivity contribution < 1.29 is 9.13 Å². The second kappa shape index (κ2) is 5.85. The van der Waals surface area contributed by atoms with Crippen molar-refractivity contribution in [3.8, 4) is 5.75 Å². The van der Waals surface area contributed by atoms with E-state index in [-0.39, 0.29) is 5.82 Å². The van der Waals surface area contributed by atoms with E-state index in [0.717, 1.165) is 12.0 Å². The van der Waals surface area contributed by atoms with Gasteiger partial charge in [-0.1, -0.05) is 37.3 Å². The summed E-state index contributed by atoms with van der Waals surface area (Å²) >= 11 is 0. The molecule has 0 saturated carbocycles. The van der Waals surface area contributed by atoms with E-state index in [1.165, 1.54) is 18.7 Å². The molecule has 2 rings (SSSR count). The van der Waals surface area contributed by atoms with Crippen molar-refractivity contribution in [2.45, 2.75) is 19.4 Å². The van der Waals surface area contributed by atoms with E-state index < -0.39 is 6.04 Å². The molecule has 2 N–H and O–H groups in total. The summed E-state index contributed by atoms with van der Waals surface area (Å²) in [6.07, 6.45) is 0.971. The standard InChI is InChI=1S/C16H18FNO/c1-3-11-7-9-12(10-8-11)16(18)15-13(17)5-4-6-14(15)19-2/h4-10,16H,3,18H2,1-2H3. The zero-order chi connectivity index (χ0) is 13.8. The van der Waals surface area contributed by atoms with Gasteiger partial charge in [-0.3, -0.25) is 0 Å². The van der Waals surface area contributed by atoms with Crippen molar-refractivity contribution in [3.63, 3.8) is 0 Å². The van der Waals surface area contributed by atoms with Crippen LogP contribution in [0, 0.1) is 5.82 Å². The molecule has 2 aromatic carbocycles. The molecule has 0 radical (unpaired) electrons. The topological polar surface area (TPSA) is 35.2 Å². The second-order valence-corrected chi connectivity index (χ2v) is 4.43. The molecule has 1 atom stereocenters. The lowest BCUT2D eigenvalue weighted by Gasteiger charge is -2.17. The molecular weight excluding hydrogens is 241 g/mol. The van der Waals surface area contributed by atoms with Crippen LogP contribution >= 0.6 is 0 Å². The Morgan fingerprint density at radius 2 is 1.84 bits per heavy atom. The smallest absolute Gasteiger partial charge is 0.132 e. The van der Waals surface area contributed by atoms with E-state index in [2.05, 4.69) is 6.92 Å². The van der Waals surface area contributed by atoms with Gasteiger partial charge in [0, 0.05) is 0 Å². The molecule has 0 bridgehead atoms. The highest BCUT2D eigenvalue weighted by atomic mass is 19.1. The first-order valence-electron chi connectivity index (χ1n) is 6.34. The monoisotopic (exact) mass is 259 g/mol. The molecular formula is C16H18FNO. The minimum atomic E-state index is -0.526. The first-order chi connectivity index (χ1) is 9.17. The molecule has 0 spiro atoms. The van der Waals surface area contributed by atoms with Crippen LogP contribution in [0.3, 0.4) is 0 Å². The molecule has 0 heterocycles. The van der Waals surface area contributed by atoms with Crippen LogP contribution in [-0.4, -0.2) is 7.11 Å². The third-order valence-electron chi connectivity index (χ3n) is 3.29. The number of nitrogens with two attached hydrogens (primary N) is 1. The predicted octanol–water partition coefficient (Wildman–Crippen LogP) is 3.44. The van der Waals surface area contributed by atoms with Crippen LogP contribution in [0.1, 0.15) is 29.7 Å². The summed E-state index contributed by atoms with van der Waals surface area (Å²) in [5.74, 6) is 0.137. The van der Waals surface area contributed by atoms with Gasteiger partial charge < -0.3 is 10.5 Å². The third-order valence-corrected chi connectivity index (χ3v) is 3.29. The van der Waals surface area contributed by atoms with Gasteiger partial charge in [0.2, 0.25) is 0 Å². The summed E-state index contributed by atoms with van der Waals surface area (Å²) in [6, 6.07) is 12.1. The van der Waals surface area contributed by atoms with Crippen molar-refractivity contribution in [3.05, 3.63) is 65.0 Å². The Bertz CT molecular complexity index is 551. The van der Waals surface area contributed by atoms with Crippen molar-refractivity contribution in [1.82, 2.24) is 0 Å². The maximum atomic E-state index is 14.0. The molecule has 100 valence electrons. The van der Waals surface area contributed by atoms with Crippen LogP contribution in [0.2, 0.25) is 0 Å². The van der Waals surface area contributed by atoms with Gasteiger partial charge in [0.15, 0.2) is 0 Å². The molecule has 3 heteroatoms. The summed E-state index contributed by atoms with van der Waals surface area (Å²) in [4.78, 5) is 0. The van der Waals surface area contributed by atoms with Crippen LogP contribution in [0.25, 0.3) is 0 Å². The van der Waals surface area contributed by atoms with Crippen molar-refractivity contribution >= 4 is 0 Å². The molecule has 0 fully saturated rings. The van der Waals surface area contributed by atoms with Gasteiger partial charge in [0.05, 0.1) is 18.7 Å². The predicted molar refractivity (Wildman–Crippen MR) is 74.8 cm³/mol. The second-order valence-electron chi connectivity index (χ2n) is 4.43. The molecule has 0 aromatic heterocycles. The average Bonchev–Trinajstić information content (AvgIpc) is 2.46. The summed E-state index contributed by atoms with van der Waals surface area (Å²) < 4.78 is 19.2. The van der Waals surface area contributed by atoms with E-state index in [0.29, 0.717) is 11.3 Å². The highest BCUT2D eigenvalue weighted by Gasteiger charge is 2.18. The molecule has 2 aromatic rings. The van der Waals surface area contributed by atoms with Crippen molar-refractivity contribution in [1.29, 1.82) is 0 Å². The maximum absolute atomic E-state index is 14.0. The minimum absolute atomic E-state index is 0.341. The SMILES string of the molecule is CCc1ccc(C(N)c2c(F)cccc2OC)cc1. The number of aryl methyl sites for hydroxylation is 1. The van der Waals surface area contributed by atoms with Crippen LogP contribution in [0.5, 0.6) is 5.75 Å². The molecule has 1 unspecified atom stereocenters. The van der Waals surface area contributed by atoms with Crippen molar-refractivity contribution in [2.75, 3.05) is 7.11 Å². The molecule has 2 nitrogen and oxygen atoms in total. The largest absolute Gasteiger partial charge is 0.496 e. The summed E-state index contributed by atoms with van der Waals surface area (Å²) in [5.41, 5.74) is 8.67. The maximum Gasteiger partial charge on any atom is 0.132 e. The minimum Gasteiger partial charge on any atom is -0.496 e. The molecule has 0 aliphatic heterocycles. The Morgan fingerprint density at radius 1 is 1.16 bits per heavy atom. The van der Waals surface area contributed by atoms with E-state index in [4.69, 9.17) is 10.5 Å². The highest BCUT2D eigenvalue weighted by molar-refractivity contribution is 5.42. The van der Waals surface area contributed by atoms with Gasteiger partial charge in [-0.05, 0) is 29.7 Å². The summed E-state index contributed by atoms with van der Waals surface area (Å²) in [6.45, 7) is 2.09. The number of benzene rings is 2. The third kappa shape index (κ3) is 2.76. The van der Waals surface area contributed by atoms with E-state index in [1.54, 1.807) is 12.1 Å². The van der Waals surface area contributed by atoms with Crippen molar-refractivity contribution in [2.24, 2.45) is 5.73 Å². The van der Waals surface area contributed by atoms with Crippen LogP contribution in [-0.2, 0) is 6.42 Å². The Labute approximate surface area is 113 Å². The number of hydrogen-bond acceptors (Lipinski definition) is 2. The normalized spacial score (nSPS) is 12.2. The fraction of sp³-hybridized carbons (Fsp3) is 0.250. The van der Waals surface area contributed by atoms with Gasteiger partial charge in [-0.25, -0.2) is 4.39 Å². The first kappa shape index (κ1) is 13.6. The number of hydrogen-bond donors (Lipinski definition) is 1. The first-order valence-corrected chi connectivity index (χ1v) is 6.34. The summed E-state index contributed by atoms with van der Waals surface area (Å²) in [7, 11) is 1.52. The summed E-state index contributed by atoms with van der Waals surface area (Å²) in [5, 5.41) is 0. The van der Waals surface area contributed by atoms with Crippen LogP contribution in [0.4, 0.5) is 4.39 Å². The Balaban J connectivity index is 2.40. The Morgan fingerprint density at radius 3 is 2.42 bits per heavy atom. The number of halogens is 1. The number of methoxy groups -OCH3 is 1. The van der Waals surface area contributed by atoms with Crippen LogP contribution in [0.15, 0.2) is 42.5 Å². The highest BCUT2D eigenvalue weighted by Crippen LogP contribution is 2.30. The molecule has 0 amide bonds. The zero-order valence-corrected chi connectivity index (χ0v) is 11.2. The van der Waals surface area contributed by atoms with E-state index in [1.807, 2.05) is 24.3 Å². The fourth-order valence-electron chi connectivity index (χ4n) is 2.12. The Kier molecular flexibility index (Phi) is 4.17. The number of rotatable bonds is 4. The molecule has 19 heavy (non-hydrogen) atoms. The lowest BCUT2D eigenvalue weighted by atomic mass is 9.97. The number of ether oxygens (including phenoxy) is 1. The lowest BCUT2D eigenvalue weighted by Crippen LogP contribution is -2.15.